The Bertz CT molecular complexity index is 143. The van der Waals surface area contributed by atoms with Crippen LogP contribution in [-0.4, -0.2) is 11.8 Å². The summed E-state index contributed by atoms with van der Waals surface area (Å²) in [6.07, 6.45) is 5.80. The summed E-state index contributed by atoms with van der Waals surface area (Å²) < 4.78 is 0. The molecule has 4 heteroatoms. The highest BCUT2D eigenvalue weighted by Gasteiger charge is 2.00. The number of azide groups is 1. The van der Waals surface area contributed by atoms with Crippen molar-refractivity contribution in [2.45, 2.75) is 44.3 Å². The highest BCUT2D eigenvalue weighted by Crippen LogP contribution is 2.11. The summed E-state index contributed by atoms with van der Waals surface area (Å²) in [7, 11) is 0. The Morgan fingerprint density at radius 3 is 2.75 bits per heavy atom. The van der Waals surface area contributed by atoms with E-state index in [1.165, 1.54) is 19.3 Å². The normalized spacial score (nSPS) is 12.2. The molecule has 1 unspecified atom stereocenters. The molecule has 0 radical (unpaired) electrons. The number of unbranched alkanes of at least 4 members (excludes halogenated alkanes) is 2. The second-order valence-corrected chi connectivity index (χ2v) is 3.62. The fourth-order valence-electron chi connectivity index (χ4n) is 1.03. The summed E-state index contributed by atoms with van der Waals surface area (Å²) in [6.45, 7) is 2.77. The molecule has 0 aromatic rings. The summed E-state index contributed by atoms with van der Waals surface area (Å²) in [4.78, 5) is 2.70. The highest BCUT2D eigenvalue weighted by molar-refractivity contribution is 7.80. The molecule has 0 N–H and O–H groups in total. The Labute approximate surface area is 79.6 Å². The molecule has 12 heavy (non-hydrogen) atoms. The number of hydrogen-bond acceptors (Lipinski definition) is 2. The molecule has 0 saturated carbocycles. The van der Waals surface area contributed by atoms with Crippen molar-refractivity contribution in [3.8, 4) is 0 Å². The molecule has 1 atom stereocenters. The van der Waals surface area contributed by atoms with Crippen LogP contribution in [0.1, 0.15) is 39.0 Å². The van der Waals surface area contributed by atoms with Crippen LogP contribution in [0.25, 0.3) is 10.4 Å². The van der Waals surface area contributed by atoms with Crippen LogP contribution in [0.2, 0.25) is 0 Å². The second kappa shape index (κ2) is 8.75. The van der Waals surface area contributed by atoms with Gasteiger partial charge in [0.15, 0.2) is 0 Å². The van der Waals surface area contributed by atoms with Crippen LogP contribution in [0, 0.1) is 0 Å². The fraction of sp³-hybridized carbons (Fsp3) is 1.00. The number of thiol groups is 1. The van der Waals surface area contributed by atoms with E-state index in [1.54, 1.807) is 0 Å². The molecule has 0 heterocycles. The van der Waals surface area contributed by atoms with Crippen molar-refractivity contribution in [1.29, 1.82) is 0 Å². The minimum absolute atomic E-state index is 0.405. The molecule has 3 nitrogen and oxygen atoms in total. The van der Waals surface area contributed by atoms with Gasteiger partial charge in [0.1, 0.15) is 0 Å². The van der Waals surface area contributed by atoms with Crippen LogP contribution in [0.3, 0.4) is 0 Å². The maximum Gasteiger partial charge on any atom is 0.0268 e. The zero-order valence-corrected chi connectivity index (χ0v) is 8.50. The molecule has 0 bridgehead atoms. The molecule has 0 rings (SSSR count). The van der Waals surface area contributed by atoms with Crippen molar-refractivity contribution in [2.75, 3.05) is 6.54 Å². The van der Waals surface area contributed by atoms with E-state index in [0.717, 1.165) is 12.8 Å². The van der Waals surface area contributed by atoms with E-state index in [0.29, 0.717) is 11.8 Å². The van der Waals surface area contributed by atoms with Gasteiger partial charge in [0.05, 0.1) is 0 Å². The Morgan fingerprint density at radius 2 is 2.17 bits per heavy atom. The lowest BCUT2D eigenvalue weighted by Crippen LogP contribution is -2.00. The van der Waals surface area contributed by atoms with Gasteiger partial charge in [-0.15, -0.1) is 0 Å². The first kappa shape index (κ1) is 11.7. The molecule has 0 aromatic heterocycles. The lowest BCUT2D eigenvalue weighted by atomic mass is 10.1. The monoisotopic (exact) mass is 187 g/mol. The molecule has 0 spiro atoms. The Kier molecular flexibility index (Phi) is 8.51. The van der Waals surface area contributed by atoms with Crippen LogP contribution in [0.15, 0.2) is 5.11 Å². The minimum Gasteiger partial charge on any atom is -0.176 e. The lowest BCUT2D eigenvalue weighted by molar-refractivity contribution is 0.625. The Hall–Kier alpha value is -0.340. The molecule has 0 amide bonds. The Morgan fingerprint density at radius 1 is 1.42 bits per heavy atom. The molecule has 0 fully saturated rings. The molecular formula is C8H17N3S. The zero-order valence-electron chi connectivity index (χ0n) is 7.61. The maximum absolute atomic E-state index is 8.03. The van der Waals surface area contributed by atoms with E-state index < -0.39 is 0 Å². The third-order valence-corrected chi connectivity index (χ3v) is 2.28. The van der Waals surface area contributed by atoms with Gasteiger partial charge in [-0.2, -0.15) is 12.6 Å². The summed E-state index contributed by atoms with van der Waals surface area (Å²) in [5.41, 5.74) is 8.03. The summed E-state index contributed by atoms with van der Waals surface area (Å²) in [6, 6.07) is 0. The van der Waals surface area contributed by atoms with E-state index >= 15 is 0 Å². The highest BCUT2D eigenvalue weighted by atomic mass is 32.1. The third-order valence-electron chi connectivity index (χ3n) is 1.77. The summed E-state index contributed by atoms with van der Waals surface area (Å²) in [5, 5.41) is 3.88. The smallest absolute Gasteiger partial charge is 0.0268 e. The van der Waals surface area contributed by atoms with Gasteiger partial charge in [-0.1, -0.05) is 31.3 Å². The van der Waals surface area contributed by atoms with Gasteiger partial charge in [0.25, 0.3) is 0 Å². The van der Waals surface area contributed by atoms with Crippen molar-refractivity contribution in [3.05, 3.63) is 10.4 Å². The van der Waals surface area contributed by atoms with E-state index in [-0.39, 0.29) is 0 Å². The van der Waals surface area contributed by atoms with Gasteiger partial charge in [0, 0.05) is 16.7 Å². The molecule has 70 valence electrons. The largest absolute Gasteiger partial charge is 0.176 e. The maximum atomic E-state index is 8.03. The van der Waals surface area contributed by atoms with Crippen LogP contribution in [0.5, 0.6) is 0 Å². The number of hydrogen-bond donors (Lipinski definition) is 1. The predicted octanol–water partition coefficient (Wildman–Crippen LogP) is 3.57. The predicted molar refractivity (Wildman–Crippen MR) is 55.5 cm³/mol. The van der Waals surface area contributed by atoms with Gasteiger partial charge < -0.3 is 0 Å². The first-order valence-electron chi connectivity index (χ1n) is 4.50. The topological polar surface area (TPSA) is 48.8 Å². The molecule has 0 aromatic carbocycles. The van der Waals surface area contributed by atoms with Gasteiger partial charge in [-0.25, -0.2) is 0 Å². The van der Waals surface area contributed by atoms with Crippen molar-refractivity contribution in [3.63, 3.8) is 0 Å². The minimum atomic E-state index is 0.405. The van der Waals surface area contributed by atoms with Gasteiger partial charge in [-0.3, -0.25) is 0 Å². The lowest BCUT2D eigenvalue weighted by Gasteiger charge is -2.07. The van der Waals surface area contributed by atoms with Crippen molar-refractivity contribution >= 4 is 12.6 Å². The molecule has 0 aliphatic carbocycles. The molecule has 0 saturated heterocycles. The van der Waals surface area contributed by atoms with E-state index in [4.69, 9.17) is 5.53 Å². The van der Waals surface area contributed by atoms with Crippen LogP contribution < -0.4 is 0 Å². The molecular weight excluding hydrogens is 170 g/mol. The summed E-state index contributed by atoms with van der Waals surface area (Å²) >= 11 is 4.39. The van der Waals surface area contributed by atoms with Crippen molar-refractivity contribution in [2.24, 2.45) is 5.11 Å². The van der Waals surface area contributed by atoms with Gasteiger partial charge in [0.2, 0.25) is 0 Å². The molecule has 0 aliphatic rings. The van der Waals surface area contributed by atoms with Crippen molar-refractivity contribution < 1.29 is 0 Å². The van der Waals surface area contributed by atoms with E-state index in [9.17, 15) is 0 Å². The molecule has 0 aliphatic heterocycles. The third kappa shape index (κ3) is 7.76. The number of nitrogens with zero attached hydrogens (tertiary/aromatic N) is 3. The van der Waals surface area contributed by atoms with E-state index in [2.05, 4.69) is 29.6 Å². The quantitative estimate of drug-likeness (QED) is 0.208. The standard InChI is InChI=1S/C8H17N3S/c1-2-3-4-5-8(12)6-7-10-11-9/h8,12H,2-7H2,1H3. The van der Waals surface area contributed by atoms with Crippen LogP contribution in [-0.2, 0) is 0 Å². The summed E-state index contributed by atoms with van der Waals surface area (Å²) in [5.74, 6) is 0. The average molecular weight is 187 g/mol. The zero-order chi connectivity index (χ0) is 9.23. The second-order valence-electron chi connectivity index (χ2n) is 2.89. The number of rotatable bonds is 7. The first-order chi connectivity index (χ1) is 5.81. The average Bonchev–Trinajstić information content (AvgIpc) is 2.06. The van der Waals surface area contributed by atoms with Gasteiger partial charge in [-0.05, 0) is 18.4 Å². The van der Waals surface area contributed by atoms with Gasteiger partial charge >= 0.3 is 0 Å². The fourth-order valence-corrected chi connectivity index (χ4v) is 1.32. The first-order valence-corrected chi connectivity index (χ1v) is 5.01. The Balaban J connectivity index is 3.20. The van der Waals surface area contributed by atoms with Crippen LogP contribution >= 0.6 is 12.6 Å². The van der Waals surface area contributed by atoms with Crippen LogP contribution in [0.4, 0.5) is 0 Å². The van der Waals surface area contributed by atoms with Crippen molar-refractivity contribution in [1.82, 2.24) is 0 Å². The SMILES string of the molecule is CCCCCC(S)CCN=[N+]=[N-]. The van der Waals surface area contributed by atoms with E-state index in [1.807, 2.05) is 0 Å².